The van der Waals surface area contributed by atoms with Gasteiger partial charge in [-0.05, 0) is 12.1 Å². The molecule has 10 heteroatoms. The van der Waals surface area contributed by atoms with E-state index in [9.17, 15) is 18.0 Å². The van der Waals surface area contributed by atoms with E-state index < -0.39 is 22.3 Å². The van der Waals surface area contributed by atoms with Crippen molar-refractivity contribution in [3.63, 3.8) is 0 Å². The van der Waals surface area contributed by atoms with E-state index in [1.807, 2.05) is 0 Å². The van der Waals surface area contributed by atoms with Gasteiger partial charge in [-0.25, -0.2) is 15.0 Å². The molecule has 3 aromatic heterocycles. The summed E-state index contributed by atoms with van der Waals surface area (Å²) in [5, 5.41) is 1.65. The number of alkyl halides is 3. The minimum atomic E-state index is -4.59. The lowest BCUT2D eigenvalue weighted by molar-refractivity contribution is -0.138. The second kappa shape index (κ2) is 6.33. The van der Waals surface area contributed by atoms with E-state index in [2.05, 4.69) is 15.0 Å². The van der Waals surface area contributed by atoms with Crippen molar-refractivity contribution >= 4 is 22.9 Å². The van der Waals surface area contributed by atoms with Crippen LogP contribution < -0.4 is 5.56 Å². The molecular formula is C14H8ClF3N4OS. The average molecular weight is 373 g/mol. The second-order valence-electron chi connectivity index (χ2n) is 4.72. The fraction of sp³-hybridized carbons (Fsp3) is 0.143. The number of hydrogen-bond acceptors (Lipinski definition) is 5. The number of aromatic nitrogens is 4. The molecule has 24 heavy (non-hydrogen) atoms. The molecule has 0 spiro atoms. The lowest BCUT2D eigenvalue weighted by Crippen LogP contribution is -2.23. The molecule has 0 aromatic carbocycles. The standard InChI is InChI=1S/C14H8ClF3N4OS/c15-10-4-8(14(16,17)18)5-22(13(10)23)6-9-7-24-12(21-9)11-19-2-1-3-20-11/h1-5,7H,6H2. The molecule has 0 fully saturated rings. The first-order valence-electron chi connectivity index (χ1n) is 6.53. The summed E-state index contributed by atoms with van der Waals surface area (Å²) in [7, 11) is 0. The normalized spacial score (nSPS) is 11.7. The highest BCUT2D eigenvalue weighted by Crippen LogP contribution is 2.30. The predicted molar refractivity (Wildman–Crippen MR) is 83.0 cm³/mol. The monoisotopic (exact) mass is 372 g/mol. The van der Waals surface area contributed by atoms with Crippen LogP contribution in [-0.4, -0.2) is 19.5 Å². The maximum absolute atomic E-state index is 12.8. The van der Waals surface area contributed by atoms with Gasteiger partial charge in [0.1, 0.15) is 5.02 Å². The lowest BCUT2D eigenvalue weighted by atomic mass is 10.2. The molecule has 3 heterocycles. The topological polar surface area (TPSA) is 60.7 Å². The number of thiazole rings is 1. The van der Waals surface area contributed by atoms with Gasteiger partial charge in [0.05, 0.1) is 17.8 Å². The summed E-state index contributed by atoms with van der Waals surface area (Å²) < 4.78 is 39.4. The first kappa shape index (κ1) is 16.6. The molecule has 3 aromatic rings. The maximum atomic E-state index is 12.8. The van der Waals surface area contributed by atoms with E-state index in [4.69, 9.17) is 11.6 Å². The zero-order valence-corrected chi connectivity index (χ0v) is 13.4. The van der Waals surface area contributed by atoms with E-state index >= 15 is 0 Å². The van der Waals surface area contributed by atoms with Crippen molar-refractivity contribution in [3.8, 4) is 10.8 Å². The first-order chi connectivity index (χ1) is 11.3. The Morgan fingerprint density at radius 1 is 1.25 bits per heavy atom. The Morgan fingerprint density at radius 3 is 2.62 bits per heavy atom. The zero-order valence-electron chi connectivity index (χ0n) is 11.8. The second-order valence-corrected chi connectivity index (χ2v) is 5.99. The van der Waals surface area contributed by atoms with Crippen LogP contribution in [0.1, 0.15) is 11.3 Å². The number of nitrogens with zero attached hydrogens (tertiary/aromatic N) is 4. The first-order valence-corrected chi connectivity index (χ1v) is 7.79. The highest BCUT2D eigenvalue weighted by Gasteiger charge is 2.32. The highest BCUT2D eigenvalue weighted by atomic mass is 35.5. The molecule has 0 aliphatic heterocycles. The third-order valence-corrected chi connectivity index (χ3v) is 4.17. The molecule has 0 bridgehead atoms. The molecule has 3 rings (SSSR count). The van der Waals surface area contributed by atoms with Crippen molar-refractivity contribution in [1.82, 2.24) is 19.5 Å². The van der Waals surface area contributed by atoms with Gasteiger partial charge < -0.3 is 4.57 Å². The third-order valence-electron chi connectivity index (χ3n) is 3.01. The van der Waals surface area contributed by atoms with E-state index in [0.717, 1.165) is 10.8 Å². The maximum Gasteiger partial charge on any atom is 0.417 e. The van der Waals surface area contributed by atoms with E-state index in [1.54, 1.807) is 23.8 Å². The zero-order chi connectivity index (χ0) is 17.3. The molecule has 0 aliphatic carbocycles. The summed E-state index contributed by atoms with van der Waals surface area (Å²) in [5.41, 5.74) is -1.29. The molecule has 0 amide bonds. The number of halogens is 4. The van der Waals surface area contributed by atoms with E-state index in [1.165, 1.54) is 11.3 Å². The number of pyridine rings is 1. The van der Waals surface area contributed by atoms with Gasteiger partial charge in [-0.2, -0.15) is 13.2 Å². The van der Waals surface area contributed by atoms with Crippen LogP contribution in [0.25, 0.3) is 10.8 Å². The summed E-state index contributed by atoms with van der Waals surface area (Å²) in [6.07, 6.45) is -0.753. The summed E-state index contributed by atoms with van der Waals surface area (Å²) >= 11 is 6.86. The van der Waals surface area contributed by atoms with Gasteiger partial charge in [0.25, 0.3) is 5.56 Å². The van der Waals surface area contributed by atoms with Crippen LogP contribution in [-0.2, 0) is 12.7 Å². The van der Waals surface area contributed by atoms with E-state index in [0.29, 0.717) is 22.6 Å². The van der Waals surface area contributed by atoms with Crippen molar-refractivity contribution < 1.29 is 13.2 Å². The predicted octanol–water partition coefficient (Wildman–Crippen LogP) is 3.48. The molecule has 0 aliphatic rings. The summed E-state index contributed by atoms with van der Waals surface area (Å²) in [6.45, 7) is -0.133. The van der Waals surface area contributed by atoms with Crippen LogP contribution in [0.5, 0.6) is 0 Å². The van der Waals surface area contributed by atoms with Crippen molar-refractivity contribution in [1.29, 1.82) is 0 Å². The Bertz CT molecular complexity index is 924. The van der Waals surface area contributed by atoms with Crippen molar-refractivity contribution in [3.05, 3.63) is 62.7 Å². The Hall–Kier alpha value is -2.26. The van der Waals surface area contributed by atoms with Crippen molar-refractivity contribution in [2.24, 2.45) is 0 Å². The summed E-state index contributed by atoms with van der Waals surface area (Å²) in [5.74, 6) is 0.406. The molecule has 0 N–H and O–H groups in total. The fourth-order valence-electron chi connectivity index (χ4n) is 1.94. The van der Waals surface area contributed by atoms with Crippen LogP contribution in [0.2, 0.25) is 5.02 Å². The van der Waals surface area contributed by atoms with Gasteiger partial charge in [-0.1, -0.05) is 11.6 Å². The molecule has 0 atom stereocenters. The highest BCUT2D eigenvalue weighted by molar-refractivity contribution is 7.13. The largest absolute Gasteiger partial charge is 0.417 e. The van der Waals surface area contributed by atoms with Crippen molar-refractivity contribution in [2.75, 3.05) is 0 Å². The Kier molecular flexibility index (Phi) is 4.37. The third kappa shape index (κ3) is 3.46. The van der Waals surface area contributed by atoms with Gasteiger partial charge in [0.2, 0.25) is 0 Å². The lowest BCUT2D eigenvalue weighted by Gasteiger charge is -2.10. The average Bonchev–Trinajstić information content (AvgIpc) is 3.00. The fourth-order valence-corrected chi connectivity index (χ4v) is 2.92. The molecule has 5 nitrogen and oxygen atoms in total. The van der Waals surface area contributed by atoms with Crippen LogP contribution in [0, 0.1) is 0 Å². The quantitative estimate of drug-likeness (QED) is 0.706. The summed E-state index contributed by atoms with van der Waals surface area (Å²) in [4.78, 5) is 24.3. The van der Waals surface area contributed by atoms with Gasteiger partial charge in [-0.15, -0.1) is 11.3 Å². The van der Waals surface area contributed by atoms with Gasteiger partial charge in [0.15, 0.2) is 10.8 Å². The Balaban J connectivity index is 1.93. The van der Waals surface area contributed by atoms with E-state index in [-0.39, 0.29) is 6.54 Å². The van der Waals surface area contributed by atoms with Crippen molar-refractivity contribution in [2.45, 2.75) is 12.7 Å². The smallest absolute Gasteiger partial charge is 0.308 e. The molecular weight excluding hydrogens is 365 g/mol. The van der Waals surface area contributed by atoms with Crippen LogP contribution in [0.4, 0.5) is 13.2 Å². The van der Waals surface area contributed by atoms with Gasteiger partial charge >= 0.3 is 6.18 Å². The number of rotatable bonds is 3. The number of hydrogen-bond donors (Lipinski definition) is 0. The molecule has 0 unspecified atom stereocenters. The van der Waals surface area contributed by atoms with Gasteiger partial charge in [-0.3, -0.25) is 4.79 Å². The molecule has 124 valence electrons. The minimum absolute atomic E-state index is 0.133. The Morgan fingerprint density at radius 2 is 1.96 bits per heavy atom. The summed E-state index contributed by atoms with van der Waals surface area (Å²) in [6, 6.07) is 2.27. The minimum Gasteiger partial charge on any atom is -0.308 e. The van der Waals surface area contributed by atoms with Gasteiger partial charge in [0, 0.05) is 24.0 Å². The Labute approximate surface area is 142 Å². The molecule has 0 radical (unpaired) electrons. The molecule has 0 saturated heterocycles. The van der Waals surface area contributed by atoms with Crippen LogP contribution in [0.3, 0.4) is 0 Å². The SMILES string of the molecule is O=c1c(Cl)cc(C(F)(F)F)cn1Cc1csc(-c2ncccn2)n1. The molecule has 0 saturated carbocycles. The van der Waals surface area contributed by atoms with Crippen LogP contribution in [0.15, 0.2) is 40.9 Å². The van der Waals surface area contributed by atoms with Crippen LogP contribution >= 0.6 is 22.9 Å².